The standard InChI is InChI=1S/C27H34N4O3S/c1-20-9-10-23(21(2)17-20)30-13-15-31(16-14-30)26(32)19-27(11-5-6-12-27)18-25-28-22-7-3-4-8-24(22)35(33,34)29-25/h3-4,7-10,17H,5-6,11-16,18-19H2,1-2H3,(H,28,29). The Kier molecular flexibility index (Phi) is 6.34. The maximum Gasteiger partial charge on any atom is 0.286 e. The average molecular weight is 495 g/mol. The Hall–Kier alpha value is -2.87. The first kappa shape index (κ1) is 23.9. The highest BCUT2D eigenvalue weighted by Crippen LogP contribution is 2.45. The number of hydrogen-bond acceptors (Lipinski definition) is 5. The number of anilines is 2. The fourth-order valence-electron chi connectivity index (χ4n) is 5.93. The van der Waals surface area contributed by atoms with Crippen LogP contribution >= 0.6 is 0 Å². The molecular weight excluding hydrogens is 460 g/mol. The van der Waals surface area contributed by atoms with Crippen LogP contribution in [0.3, 0.4) is 0 Å². The summed E-state index contributed by atoms with van der Waals surface area (Å²) in [5.74, 6) is 0.630. The molecule has 5 rings (SSSR count). The second-order valence-corrected chi connectivity index (χ2v) is 11.9. The third-order valence-electron chi connectivity index (χ3n) is 7.73. The molecule has 1 N–H and O–H groups in total. The van der Waals surface area contributed by atoms with Crippen LogP contribution in [-0.2, 0) is 14.8 Å². The summed E-state index contributed by atoms with van der Waals surface area (Å²) in [4.78, 5) is 18.0. The van der Waals surface area contributed by atoms with E-state index in [2.05, 4.69) is 46.7 Å². The molecule has 0 atom stereocenters. The number of rotatable bonds is 5. The van der Waals surface area contributed by atoms with Crippen molar-refractivity contribution < 1.29 is 13.2 Å². The summed E-state index contributed by atoms with van der Waals surface area (Å²) < 4.78 is 29.5. The monoisotopic (exact) mass is 494 g/mol. The van der Waals surface area contributed by atoms with Crippen molar-refractivity contribution in [1.29, 1.82) is 0 Å². The Labute approximate surface area is 208 Å². The van der Waals surface area contributed by atoms with Crippen LogP contribution in [0.1, 0.15) is 49.7 Å². The molecule has 1 amide bonds. The summed E-state index contributed by atoms with van der Waals surface area (Å²) >= 11 is 0. The van der Waals surface area contributed by atoms with Gasteiger partial charge in [-0.25, -0.2) is 0 Å². The number of nitrogens with one attached hydrogen (secondary N) is 1. The van der Waals surface area contributed by atoms with Crippen molar-refractivity contribution in [3.8, 4) is 0 Å². The number of amides is 1. The van der Waals surface area contributed by atoms with Gasteiger partial charge in [0.15, 0.2) is 0 Å². The molecule has 0 aromatic heterocycles. The molecule has 0 spiro atoms. The van der Waals surface area contributed by atoms with Crippen LogP contribution in [-0.4, -0.2) is 51.2 Å². The molecule has 0 bridgehead atoms. The summed E-state index contributed by atoms with van der Waals surface area (Å²) in [6.45, 7) is 7.32. The van der Waals surface area contributed by atoms with Crippen molar-refractivity contribution >= 4 is 33.1 Å². The van der Waals surface area contributed by atoms with E-state index in [1.807, 2.05) is 11.0 Å². The predicted octanol–water partition coefficient (Wildman–Crippen LogP) is 4.51. The zero-order valence-electron chi connectivity index (χ0n) is 20.6. The maximum atomic E-state index is 13.4. The molecule has 2 fully saturated rings. The molecule has 2 heterocycles. The van der Waals surface area contributed by atoms with Gasteiger partial charge in [-0.05, 0) is 55.9 Å². The molecule has 2 aliphatic heterocycles. The van der Waals surface area contributed by atoms with Gasteiger partial charge in [0.25, 0.3) is 10.0 Å². The molecule has 3 aliphatic rings. The van der Waals surface area contributed by atoms with Crippen LogP contribution in [0.4, 0.5) is 11.4 Å². The number of fused-ring (bicyclic) bond motifs is 1. The lowest BCUT2D eigenvalue weighted by Gasteiger charge is -2.39. The first-order chi connectivity index (χ1) is 16.7. The Morgan fingerprint density at radius 3 is 2.46 bits per heavy atom. The number of sulfonamides is 1. The van der Waals surface area contributed by atoms with Crippen molar-refractivity contribution in [1.82, 2.24) is 4.90 Å². The first-order valence-electron chi connectivity index (χ1n) is 12.5. The van der Waals surface area contributed by atoms with Gasteiger partial charge in [0.2, 0.25) is 5.91 Å². The zero-order valence-corrected chi connectivity index (χ0v) is 21.4. The molecule has 0 unspecified atom stereocenters. The van der Waals surface area contributed by atoms with Crippen molar-refractivity contribution in [3.63, 3.8) is 0 Å². The molecule has 7 nitrogen and oxygen atoms in total. The minimum atomic E-state index is -3.72. The van der Waals surface area contributed by atoms with Crippen molar-refractivity contribution in [2.45, 2.75) is 57.3 Å². The number of hydrogen-bond donors (Lipinski definition) is 1. The summed E-state index contributed by atoms with van der Waals surface area (Å²) in [6.07, 6.45) is 4.88. The number of piperazine rings is 1. The van der Waals surface area contributed by atoms with Gasteiger partial charge in [-0.2, -0.15) is 8.42 Å². The lowest BCUT2D eigenvalue weighted by atomic mass is 9.78. The van der Waals surface area contributed by atoms with Crippen LogP contribution in [0.5, 0.6) is 0 Å². The highest BCUT2D eigenvalue weighted by Gasteiger charge is 2.40. The van der Waals surface area contributed by atoms with E-state index < -0.39 is 10.0 Å². The number of para-hydroxylation sites is 1. The van der Waals surface area contributed by atoms with E-state index in [1.165, 1.54) is 16.8 Å². The van der Waals surface area contributed by atoms with Crippen LogP contribution in [0.15, 0.2) is 51.8 Å². The fourth-order valence-corrected chi connectivity index (χ4v) is 7.08. The highest BCUT2D eigenvalue weighted by molar-refractivity contribution is 7.90. The van der Waals surface area contributed by atoms with Gasteiger partial charge >= 0.3 is 0 Å². The average Bonchev–Trinajstić information content (AvgIpc) is 3.26. The van der Waals surface area contributed by atoms with Crippen molar-refractivity contribution in [2.75, 3.05) is 36.4 Å². The Bertz CT molecular complexity index is 1260. The molecule has 0 radical (unpaired) electrons. The summed E-state index contributed by atoms with van der Waals surface area (Å²) in [5, 5.41) is 3.23. The molecule has 186 valence electrons. The van der Waals surface area contributed by atoms with E-state index in [1.54, 1.807) is 18.2 Å². The van der Waals surface area contributed by atoms with Crippen LogP contribution < -0.4 is 10.2 Å². The topological polar surface area (TPSA) is 82.1 Å². The largest absolute Gasteiger partial charge is 0.368 e. The number of carbonyl (C=O) groups is 1. The van der Waals surface area contributed by atoms with Gasteiger partial charge < -0.3 is 15.1 Å². The van der Waals surface area contributed by atoms with E-state index in [4.69, 9.17) is 0 Å². The van der Waals surface area contributed by atoms with Crippen LogP contribution in [0.25, 0.3) is 0 Å². The predicted molar refractivity (Wildman–Crippen MR) is 140 cm³/mol. The Morgan fingerprint density at radius 2 is 1.74 bits per heavy atom. The fraction of sp³-hybridized carbons (Fsp3) is 0.481. The molecular formula is C27H34N4O3S. The van der Waals surface area contributed by atoms with Gasteiger partial charge in [0, 0.05) is 44.7 Å². The molecule has 2 aromatic rings. The van der Waals surface area contributed by atoms with Gasteiger partial charge in [-0.15, -0.1) is 4.40 Å². The second kappa shape index (κ2) is 9.30. The number of amidine groups is 1. The SMILES string of the molecule is Cc1ccc(N2CCN(C(=O)CC3(CC4=NS(=O)(=O)c5ccccc5N4)CCCC3)CC2)c(C)c1. The minimum Gasteiger partial charge on any atom is -0.368 e. The van der Waals surface area contributed by atoms with Gasteiger partial charge in [-0.3, -0.25) is 4.79 Å². The Balaban J connectivity index is 1.25. The third kappa shape index (κ3) is 4.94. The van der Waals surface area contributed by atoms with E-state index in [0.717, 1.165) is 38.8 Å². The quantitative estimate of drug-likeness (QED) is 0.662. The molecule has 1 saturated heterocycles. The number of carbonyl (C=O) groups excluding carboxylic acids is 1. The summed E-state index contributed by atoms with van der Waals surface area (Å²) in [6, 6.07) is 13.4. The molecule has 8 heteroatoms. The zero-order chi connectivity index (χ0) is 24.6. The number of nitrogens with zero attached hydrogens (tertiary/aromatic N) is 3. The van der Waals surface area contributed by atoms with E-state index >= 15 is 0 Å². The van der Waals surface area contributed by atoms with Crippen LogP contribution in [0.2, 0.25) is 0 Å². The Morgan fingerprint density at radius 1 is 1.03 bits per heavy atom. The maximum absolute atomic E-state index is 13.4. The van der Waals surface area contributed by atoms with E-state index in [9.17, 15) is 13.2 Å². The van der Waals surface area contributed by atoms with E-state index in [0.29, 0.717) is 37.5 Å². The van der Waals surface area contributed by atoms with Gasteiger partial charge in [0.05, 0.1) is 5.69 Å². The van der Waals surface area contributed by atoms with Crippen molar-refractivity contribution in [3.05, 3.63) is 53.6 Å². The molecule has 1 saturated carbocycles. The molecule has 35 heavy (non-hydrogen) atoms. The first-order valence-corrected chi connectivity index (χ1v) is 14.0. The molecule has 1 aliphatic carbocycles. The second-order valence-electron chi connectivity index (χ2n) is 10.4. The lowest BCUT2D eigenvalue weighted by molar-refractivity contribution is -0.133. The smallest absolute Gasteiger partial charge is 0.286 e. The number of aryl methyl sites for hydroxylation is 2. The van der Waals surface area contributed by atoms with Crippen LogP contribution in [0, 0.1) is 19.3 Å². The third-order valence-corrected chi connectivity index (χ3v) is 9.11. The van der Waals surface area contributed by atoms with E-state index in [-0.39, 0.29) is 16.2 Å². The lowest BCUT2D eigenvalue weighted by Crippen LogP contribution is -2.50. The van der Waals surface area contributed by atoms with Crippen molar-refractivity contribution in [2.24, 2.45) is 9.81 Å². The molecule has 2 aromatic carbocycles. The summed E-state index contributed by atoms with van der Waals surface area (Å²) in [7, 11) is -3.72. The number of benzene rings is 2. The van der Waals surface area contributed by atoms with Gasteiger partial charge in [-0.1, -0.05) is 42.7 Å². The minimum absolute atomic E-state index is 0.173. The highest BCUT2D eigenvalue weighted by atomic mass is 32.2. The summed E-state index contributed by atoms with van der Waals surface area (Å²) in [5.41, 5.74) is 4.11. The van der Waals surface area contributed by atoms with Gasteiger partial charge in [0.1, 0.15) is 10.7 Å². The normalized spacial score (nSPS) is 20.7.